The van der Waals surface area contributed by atoms with Crippen molar-refractivity contribution in [2.45, 2.75) is 50.4 Å². The van der Waals surface area contributed by atoms with Crippen molar-refractivity contribution in [3.8, 4) is 0 Å². The van der Waals surface area contributed by atoms with Crippen LogP contribution >= 0.6 is 0 Å². The van der Waals surface area contributed by atoms with Crippen molar-refractivity contribution in [2.24, 2.45) is 0 Å². The summed E-state index contributed by atoms with van der Waals surface area (Å²) in [5.41, 5.74) is 0.462. The third kappa shape index (κ3) is 4.53. The zero-order chi connectivity index (χ0) is 21.7. The number of pyridine rings is 1. The topological polar surface area (TPSA) is 70.6 Å². The lowest BCUT2D eigenvalue weighted by atomic mass is 9.75. The van der Waals surface area contributed by atoms with Gasteiger partial charge in [-0.05, 0) is 30.5 Å². The number of nitrogens with zero attached hydrogens (tertiary/aromatic N) is 3. The van der Waals surface area contributed by atoms with E-state index in [9.17, 15) is 14.4 Å². The largest absolute Gasteiger partial charge is 0.343 e. The minimum Gasteiger partial charge on any atom is -0.343 e. The average molecular weight is 420 g/mol. The molecule has 6 nitrogen and oxygen atoms in total. The van der Waals surface area contributed by atoms with E-state index in [1.54, 1.807) is 6.20 Å². The summed E-state index contributed by atoms with van der Waals surface area (Å²) < 4.78 is 0. The molecule has 3 heterocycles. The molecule has 0 spiro atoms. The summed E-state index contributed by atoms with van der Waals surface area (Å²) in [6, 6.07) is 15.0. The first-order chi connectivity index (χ1) is 15.1. The summed E-state index contributed by atoms with van der Waals surface area (Å²) in [6.45, 7) is 1.74. The number of carbonyl (C=O) groups excluding carboxylic acids is 3. The molecule has 1 unspecified atom stereocenters. The Hall–Kier alpha value is -3.02. The summed E-state index contributed by atoms with van der Waals surface area (Å²) in [5.74, 6) is -0.505. The second kappa shape index (κ2) is 9.41. The Balaban J connectivity index is 1.58. The van der Waals surface area contributed by atoms with Crippen molar-refractivity contribution >= 4 is 17.7 Å². The van der Waals surface area contributed by atoms with Crippen LogP contribution in [0.2, 0.25) is 0 Å². The van der Waals surface area contributed by atoms with E-state index in [4.69, 9.17) is 0 Å². The van der Waals surface area contributed by atoms with Crippen molar-refractivity contribution in [1.82, 2.24) is 14.8 Å². The van der Waals surface area contributed by atoms with Crippen molar-refractivity contribution in [3.05, 3.63) is 66.0 Å². The van der Waals surface area contributed by atoms with Crippen molar-refractivity contribution in [1.29, 1.82) is 0 Å². The Morgan fingerprint density at radius 3 is 2.32 bits per heavy atom. The van der Waals surface area contributed by atoms with Crippen LogP contribution in [0.1, 0.15) is 49.8 Å². The first kappa shape index (κ1) is 21.2. The van der Waals surface area contributed by atoms with E-state index < -0.39 is 5.41 Å². The fourth-order valence-electron chi connectivity index (χ4n) is 4.71. The molecule has 0 saturated carbocycles. The summed E-state index contributed by atoms with van der Waals surface area (Å²) in [7, 11) is 0. The van der Waals surface area contributed by atoms with Gasteiger partial charge in [-0.2, -0.15) is 0 Å². The Kier molecular flexibility index (Phi) is 6.44. The van der Waals surface area contributed by atoms with Gasteiger partial charge in [0.1, 0.15) is 0 Å². The highest BCUT2D eigenvalue weighted by Gasteiger charge is 2.53. The van der Waals surface area contributed by atoms with Gasteiger partial charge in [0.15, 0.2) is 0 Å². The summed E-state index contributed by atoms with van der Waals surface area (Å²) in [5, 5.41) is 0. The number of hydrogen-bond donors (Lipinski definition) is 0. The van der Waals surface area contributed by atoms with E-state index in [1.807, 2.05) is 53.4 Å². The SMILES string of the molecule is O=C(CC1(c2ccccc2)CC(=O)N(CCc2ccccn2)C1=O)N1CCCCCC1. The molecule has 3 amide bonds. The highest BCUT2D eigenvalue weighted by atomic mass is 16.2. The molecule has 1 aromatic heterocycles. The normalized spacial score (nSPS) is 21.9. The molecular formula is C25H29N3O3. The maximum atomic E-state index is 13.7. The van der Waals surface area contributed by atoms with Crippen molar-refractivity contribution < 1.29 is 14.4 Å². The molecule has 31 heavy (non-hydrogen) atoms. The van der Waals surface area contributed by atoms with E-state index >= 15 is 0 Å². The maximum absolute atomic E-state index is 13.7. The molecule has 2 aromatic rings. The van der Waals surface area contributed by atoms with Crippen LogP contribution in [0, 0.1) is 0 Å². The van der Waals surface area contributed by atoms with Crippen LogP contribution in [0.25, 0.3) is 0 Å². The first-order valence-electron chi connectivity index (χ1n) is 11.2. The molecule has 0 bridgehead atoms. The molecular weight excluding hydrogens is 390 g/mol. The van der Waals surface area contributed by atoms with E-state index in [0.717, 1.165) is 50.0 Å². The minimum atomic E-state index is -1.12. The monoisotopic (exact) mass is 419 g/mol. The van der Waals surface area contributed by atoms with Gasteiger partial charge in [-0.15, -0.1) is 0 Å². The number of aromatic nitrogens is 1. The fraction of sp³-hybridized carbons (Fsp3) is 0.440. The van der Waals surface area contributed by atoms with Crippen molar-refractivity contribution in [3.63, 3.8) is 0 Å². The fourth-order valence-corrected chi connectivity index (χ4v) is 4.71. The predicted octanol–water partition coefficient (Wildman–Crippen LogP) is 3.11. The molecule has 4 rings (SSSR count). The molecule has 2 saturated heterocycles. The Bertz CT molecular complexity index is 924. The van der Waals surface area contributed by atoms with Crippen LogP contribution in [-0.4, -0.2) is 52.1 Å². The molecule has 0 N–H and O–H groups in total. The van der Waals surface area contributed by atoms with Gasteiger partial charge in [0.25, 0.3) is 0 Å². The lowest BCUT2D eigenvalue weighted by molar-refractivity contribution is -0.142. The number of rotatable bonds is 6. The summed E-state index contributed by atoms with van der Waals surface area (Å²) in [4.78, 5) is 47.4. The molecule has 6 heteroatoms. The number of imide groups is 1. The zero-order valence-corrected chi connectivity index (χ0v) is 17.8. The van der Waals surface area contributed by atoms with Gasteiger partial charge in [-0.25, -0.2) is 0 Å². The van der Waals surface area contributed by atoms with Crippen LogP contribution in [0.5, 0.6) is 0 Å². The van der Waals surface area contributed by atoms with E-state index in [2.05, 4.69) is 4.98 Å². The lowest BCUT2D eigenvalue weighted by Gasteiger charge is -2.30. The van der Waals surface area contributed by atoms with Crippen LogP contribution in [0.4, 0.5) is 0 Å². The van der Waals surface area contributed by atoms with Crippen LogP contribution in [0.3, 0.4) is 0 Å². The molecule has 2 aliphatic heterocycles. The van der Waals surface area contributed by atoms with Gasteiger partial charge in [-0.1, -0.05) is 49.2 Å². The van der Waals surface area contributed by atoms with Gasteiger partial charge in [0.05, 0.1) is 5.41 Å². The Labute approximate surface area is 183 Å². The van der Waals surface area contributed by atoms with Crippen LogP contribution < -0.4 is 0 Å². The van der Waals surface area contributed by atoms with Gasteiger partial charge < -0.3 is 4.90 Å². The van der Waals surface area contributed by atoms with Gasteiger partial charge in [0, 0.05) is 50.8 Å². The predicted molar refractivity (Wildman–Crippen MR) is 117 cm³/mol. The number of amides is 3. The van der Waals surface area contributed by atoms with Gasteiger partial charge in [-0.3, -0.25) is 24.3 Å². The molecule has 1 aromatic carbocycles. The van der Waals surface area contributed by atoms with E-state index in [0.29, 0.717) is 6.42 Å². The number of carbonyl (C=O) groups is 3. The molecule has 2 aliphatic rings. The molecule has 0 radical (unpaired) electrons. The van der Waals surface area contributed by atoms with E-state index in [-0.39, 0.29) is 37.1 Å². The third-order valence-corrected chi connectivity index (χ3v) is 6.46. The minimum absolute atomic E-state index is 0.0292. The number of hydrogen-bond acceptors (Lipinski definition) is 4. The molecule has 162 valence electrons. The van der Waals surface area contributed by atoms with Crippen LogP contribution in [-0.2, 0) is 26.2 Å². The van der Waals surface area contributed by atoms with Gasteiger partial charge in [0.2, 0.25) is 17.7 Å². The second-order valence-corrected chi connectivity index (χ2v) is 8.52. The van der Waals surface area contributed by atoms with Crippen molar-refractivity contribution in [2.75, 3.05) is 19.6 Å². The number of likely N-dealkylation sites (tertiary alicyclic amines) is 2. The summed E-state index contributed by atoms with van der Waals surface area (Å²) >= 11 is 0. The standard InChI is InChI=1S/C25H29N3O3/c29-22(27-15-8-1-2-9-16-27)18-25(20-10-4-3-5-11-20)19-23(30)28(24(25)31)17-13-21-12-6-7-14-26-21/h3-7,10-12,14H,1-2,8-9,13,15-19H2. The highest BCUT2D eigenvalue weighted by molar-refractivity contribution is 6.10. The first-order valence-corrected chi connectivity index (χ1v) is 11.2. The second-order valence-electron chi connectivity index (χ2n) is 8.52. The maximum Gasteiger partial charge on any atom is 0.240 e. The zero-order valence-electron chi connectivity index (χ0n) is 17.8. The van der Waals surface area contributed by atoms with E-state index in [1.165, 1.54) is 4.90 Å². The smallest absolute Gasteiger partial charge is 0.240 e. The number of benzene rings is 1. The lowest BCUT2D eigenvalue weighted by Crippen LogP contribution is -2.44. The molecule has 2 fully saturated rings. The van der Waals surface area contributed by atoms with Crippen LogP contribution in [0.15, 0.2) is 54.7 Å². The Morgan fingerprint density at radius 2 is 1.65 bits per heavy atom. The summed E-state index contributed by atoms with van der Waals surface area (Å²) in [6.07, 6.45) is 6.54. The quantitative estimate of drug-likeness (QED) is 0.675. The highest BCUT2D eigenvalue weighted by Crippen LogP contribution is 2.40. The molecule has 1 atom stereocenters. The van der Waals surface area contributed by atoms with Gasteiger partial charge >= 0.3 is 0 Å². The third-order valence-electron chi connectivity index (χ3n) is 6.46. The average Bonchev–Trinajstić information content (AvgIpc) is 2.98. The Morgan fingerprint density at radius 1 is 0.935 bits per heavy atom. The molecule has 0 aliphatic carbocycles.